The van der Waals surface area contributed by atoms with E-state index < -0.39 is 0 Å². The Morgan fingerprint density at radius 3 is 1.67 bits per heavy atom. The average Bonchev–Trinajstić information content (AvgIpc) is 3.10. The highest BCUT2D eigenvalue weighted by molar-refractivity contribution is 6.98. The molecule has 0 radical (unpaired) electrons. The lowest BCUT2D eigenvalue weighted by Crippen LogP contribution is -2.57. The van der Waals surface area contributed by atoms with E-state index in [-0.39, 0.29) is 6.71 Å². The number of hydrogen-bond donors (Lipinski definition) is 0. The molecule has 0 fully saturated rings. The Morgan fingerprint density at radius 2 is 0.933 bits per heavy atom. The highest BCUT2D eigenvalue weighted by atomic mass is 16.5. The van der Waals surface area contributed by atoms with Crippen LogP contribution in [-0.4, -0.2) is 6.71 Å². The highest BCUT2D eigenvalue weighted by Crippen LogP contribution is 2.43. The van der Waals surface area contributed by atoms with Crippen molar-refractivity contribution in [2.75, 3.05) is 0 Å². The first-order valence-electron chi connectivity index (χ1n) is 15.5. The quantitative estimate of drug-likeness (QED) is 0.117. The van der Waals surface area contributed by atoms with Crippen molar-refractivity contribution in [2.45, 2.75) is 0 Å². The van der Waals surface area contributed by atoms with Crippen LogP contribution >= 0.6 is 0 Å². The summed E-state index contributed by atoms with van der Waals surface area (Å²) in [6.45, 7) is 0.0634. The van der Waals surface area contributed by atoms with E-state index in [0.717, 1.165) is 39.6 Å². The molecule has 2 aliphatic rings. The van der Waals surface area contributed by atoms with Crippen molar-refractivity contribution in [1.29, 1.82) is 0 Å². The van der Waals surface area contributed by atoms with E-state index >= 15 is 0 Å². The molecule has 0 bridgehead atoms. The van der Waals surface area contributed by atoms with Gasteiger partial charge >= 0.3 is 0 Å². The minimum absolute atomic E-state index is 0.0634. The summed E-state index contributed by atoms with van der Waals surface area (Å²) in [4.78, 5) is 0. The van der Waals surface area contributed by atoms with Gasteiger partial charge in [0.25, 0.3) is 6.71 Å². The molecule has 0 amide bonds. The van der Waals surface area contributed by atoms with Gasteiger partial charge in [-0.2, -0.15) is 0 Å². The number of para-hydroxylation sites is 2. The SMILES string of the molecule is c1ccc2c(c1)Oc1cc(-c3ccccc3-c3cccc4ccc5cc6ccccc6cc5c34)cc3c1B2c1ccccc1O3. The number of fused-ring (bicyclic) bond motifs is 8. The maximum Gasteiger partial charge on any atom is 0.260 e. The van der Waals surface area contributed by atoms with Crippen molar-refractivity contribution in [3.8, 4) is 45.3 Å². The molecule has 0 saturated carbocycles. The first-order chi connectivity index (χ1) is 22.3. The molecule has 2 heterocycles. The first-order valence-corrected chi connectivity index (χ1v) is 15.5. The van der Waals surface area contributed by atoms with Crippen molar-refractivity contribution >= 4 is 55.4 Å². The zero-order valence-corrected chi connectivity index (χ0v) is 24.3. The zero-order chi connectivity index (χ0) is 29.5. The molecule has 0 saturated heterocycles. The minimum Gasteiger partial charge on any atom is -0.458 e. The van der Waals surface area contributed by atoms with Crippen molar-refractivity contribution < 1.29 is 9.47 Å². The van der Waals surface area contributed by atoms with Crippen LogP contribution in [-0.2, 0) is 0 Å². The molecule has 3 heteroatoms. The Hall–Kier alpha value is -5.80. The first kappa shape index (κ1) is 24.6. The van der Waals surface area contributed by atoms with Crippen LogP contribution in [0.4, 0.5) is 0 Å². The summed E-state index contributed by atoms with van der Waals surface area (Å²) < 4.78 is 13.3. The van der Waals surface area contributed by atoms with Gasteiger partial charge in [0.05, 0.1) is 0 Å². The predicted molar refractivity (Wildman–Crippen MR) is 188 cm³/mol. The Morgan fingerprint density at radius 1 is 0.378 bits per heavy atom. The lowest BCUT2D eigenvalue weighted by atomic mass is 9.35. The van der Waals surface area contributed by atoms with Gasteiger partial charge in [0.1, 0.15) is 23.0 Å². The second-order valence-electron chi connectivity index (χ2n) is 12.0. The van der Waals surface area contributed by atoms with Crippen LogP contribution in [0.1, 0.15) is 0 Å². The van der Waals surface area contributed by atoms with Gasteiger partial charge in [0.15, 0.2) is 0 Å². The number of benzene rings is 8. The molecule has 0 aromatic heterocycles. The fourth-order valence-electron chi connectivity index (χ4n) is 7.55. The highest BCUT2D eigenvalue weighted by Gasteiger charge is 2.40. The van der Waals surface area contributed by atoms with Crippen molar-refractivity contribution in [3.05, 3.63) is 152 Å². The third-order valence-corrected chi connectivity index (χ3v) is 9.55. The molecule has 45 heavy (non-hydrogen) atoms. The maximum absolute atomic E-state index is 6.64. The second kappa shape index (κ2) is 9.35. The fraction of sp³-hybridized carbons (Fsp3) is 0. The van der Waals surface area contributed by atoms with Gasteiger partial charge < -0.3 is 9.47 Å². The molecule has 0 aliphatic carbocycles. The molecule has 0 atom stereocenters. The molecule has 0 N–H and O–H groups in total. The van der Waals surface area contributed by atoms with Crippen LogP contribution < -0.4 is 25.9 Å². The number of ether oxygens (including phenoxy) is 2. The van der Waals surface area contributed by atoms with Crippen LogP contribution in [0.15, 0.2) is 152 Å². The van der Waals surface area contributed by atoms with Crippen LogP contribution in [0, 0.1) is 0 Å². The van der Waals surface area contributed by atoms with Gasteiger partial charge in [-0.1, -0.05) is 115 Å². The molecule has 10 rings (SSSR count). The van der Waals surface area contributed by atoms with E-state index in [1.807, 2.05) is 12.1 Å². The third kappa shape index (κ3) is 3.65. The van der Waals surface area contributed by atoms with E-state index in [4.69, 9.17) is 9.47 Å². The van der Waals surface area contributed by atoms with Gasteiger partial charge in [0, 0.05) is 5.46 Å². The molecular formula is C42H25BO2. The molecule has 2 aliphatic heterocycles. The average molecular weight is 572 g/mol. The van der Waals surface area contributed by atoms with Gasteiger partial charge in [-0.15, -0.1) is 0 Å². The number of hydrogen-bond acceptors (Lipinski definition) is 2. The van der Waals surface area contributed by atoms with E-state index in [0.29, 0.717) is 0 Å². The third-order valence-electron chi connectivity index (χ3n) is 9.55. The normalized spacial score (nSPS) is 12.8. The van der Waals surface area contributed by atoms with E-state index in [1.165, 1.54) is 54.4 Å². The summed E-state index contributed by atoms with van der Waals surface area (Å²) in [5.74, 6) is 3.50. The molecule has 8 aromatic rings. The van der Waals surface area contributed by atoms with Crippen LogP contribution in [0.3, 0.4) is 0 Å². The zero-order valence-electron chi connectivity index (χ0n) is 24.3. The van der Waals surface area contributed by atoms with Gasteiger partial charge in [-0.05, 0) is 102 Å². The lowest BCUT2D eigenvalue weighted by molar-refractivity contribution is 0.465. The number of rotatable bonds is 2. The Balaban J connectivity index is 1.21. The fourth-order valence-corrected chi connectivity index (χ4v) is 7.55. The van der Waals surface area contributed by atoms with E-state index in [2.05, 4.69) is 140 Å². The summed E-state index contributed by atoms with van der Waals surface area (Å²) >= 11 is 0. The Kier molecular flexibility index (Phi) is 5.12. The van der Waals surface area contributed by atoms with Gasteiger partial charge in [-0.25, -0.2) is 0 Å². The summed E-state index contributed by atoms with van der Waals surface area (Å²) in [5.41, 5.74) is 8.04. The largest absolute Gasteiger partial charge is 0.458 e. The summed E-state index contributed by atoms with van der Waals surface area (Å²) in [6.07, 6.45) is 0. The smallest absolute Gasteiger partial charge is 0.260 e. The summed E-state index contributed by atoms with van der Waals surface area (Å²) in [5, 5.41) is 7.51. The Bertz CT molecular complexity index is 2440. The lowest BCUT2D eigenvalue weighted by Gasteiger charge is -2.33. The monoisotopic (exact) mass is 572 g/mol. The summed E-state index contributed by atoms with van der Waals surface area (Å²) in [6, 6.07) is 54.3. The van der Waals surface area contributed by atoms with E-state index in [1.54, 1.807) is 0 Å². The molecule has 8 aromatic carbocycles. The van der Waals surface area contributed by atoms with Gasteiger partial charge in [0.2, 0.25) is 0 Å². The van der Waals surface area contributed by atoms with Crippen LogP contribution in [0.25, 0.3) is 54.6 Å². The standard InChI is InChI=1S/C42H25BO2/c1-2-11-28-23-34-29(22-27(28)10-1)21-20-26-12-9-15-33(41(26)34)32-14-4-3-13-31(32)30-24-39-42-40(25-30)45-38-19-8-6-17-36(38)43(42)35-16-5-7-18-37(35)44-39/h1-25H. The van der Waals surface area contributed by atoms with Crippen LogP contribution in [0.2, 0.25) is 0 Å². The minimum atomic E-state index is 0.0634. The van der Waals surface area contributed by atoms with Gasteiger partial charge in [-0.3, -0.25) is 0 Å². The molecule has 0 unspecified atom stereocenters. The maximum atomic E-state index is 6.64. The van der Waals surface area contributed by atoms with Crippen molar-refractivity contribution in [3.63, 3.8) is 0 Å². The summed E-state index contributed by atoms with van der Waals surface area (Å²) in [7, 11) is 0. The molecule has 0 spiro atoms. The van der Waals surface area contributed by atoms with Crippen LogP contribution in [0.5, 0.6) is 23.0 Å². The van der Waals surface area contributed by atoms with Crippen molar-refractivity contribution in [1.82, 2.24) is 0 Å². The topological polar surface area (TPSA) is 18.5 Å². The van der Waals surface area contributed by atoms with Crippen molar-refractivity contribution in [2.24, 2.45) is 0 Å². The molecule has 208 valence electrons. The molecule has 2 nitrogen and oxygen atoms in total. The molecular weight excluding hydrogens is 547 g/mol. The van der Waals surface area contributed by atoms with E-state index in [9.17, 15) is 0 Å². The second-order valence-corrected chi connectivity index (χ2v) is 12.0. The Labute approximate surface area is 261 Å². The predicted octanol–water partition coefficient (Wildman–Crippen LogP) is 9.21.